The molecular formula is C12H16N2O. The maximum atomic E-state index is 5.67. The highest BCUT2D eigenvalue weighted by atomic mass is 16.3. The molecule has 2 aromatic rings. The highest BCUT2D eigenvalue weighted by Crippen LogP contribution is 2.19. The summed E-state index contributed by atoms with van der Waals surface area (Å²) in [6.07, 6.45) is 1.99. The van der Waals surface area contributed by atoms with E-state index in [0.29, 0.717) is 11.6 Å². The Bertz CT molecular complexity index is 460. The van der Waals surface area contributed by atoms with Crippen LogP contribution < -0.4 is 5.73 Å². The number of oxazole rings is 1. The number of fused-ring (bicyclic) bond motifs is 1. The highest BCUT2D eigenvalue weighted by Gasteiger charge is 2.06. The van der Waals surface area contributed by atoms with Crippen molar-refractivity contribution in [1.29, 1.82) is 0 Å². The van der Waals surface area contributed by atoms with Crippen molar-refractivity contribution >= 4 is 16.8 Å². The van der Waals surface area contributed by atoms with E-state index in [1.165, 1.54) is 0 Å². The number of aryl methyl sites for hydroxylation is 1. The Kier molecular flexibility index (Phi) is 2.62. The maximum absolute atomic E-state index is 5.67. The molecule has 15 heavy (non-hydrogen) atoms. The molecule has 0 aliphatic heterocycles. The summed E-state index contributed by atoms with van der Waals surface area (Å²) in [4.78, 5) is 4.40. The van der Waals surface area contributed by atoms with Gasteiger partial charge in [0.25, 0.3) is 0 Å². The number of nitrogens with zero attached hydrogens (tertiary/aromatic N) is 1. The minimum absolute atomic E-state index is 0.671. The van der Waals surface area contributed by atoms with Crippen molar-refractivity contribution < 1.29 is 4.42 Å². The first-order valence-electron chi connectivity index (χ1n) is 5.30. The Morgan fingerprint density at radius 2 is 2.20 bits per heavy atom. The summed E-state index contributed by atoms with van der Waals surface area (Å²) in [7, 11) is 0. The number of hydrogen-bond donors (Lipinski definition) is 1. The van der Waals surface area contributed by atoms with Gasteiger partial charge in [-0.15, -0.1) is 0 Å². The summed E-state index contributed by atoms with van der Waals surface area (Å²) < 4.78 is 5.61. The third kappa shape index (κ3) is 2.29. The Morgan fingerprint density at radius 3 is 2.93 bits per heavy atom. The van der Waals surface area contributed by atoms with Gasteiger partial charge in [0.15, 0.2) is 11.5 Å². The normalized spacial score (nSPS) is 11.4. The number of nitrogens with two attached hydrogens (primary N) is 1. The number of nitrogen functional groups attached to an aromatic ring is 1. The van der Waals surface area contributed by atoms with Crippen LogP contribution in [0.2, 0.25) is 0 Å². The summed E-state index contributed by atoms with van der Waals surface area (Å²) in [5.41, 5.74) is 8.06. The molecule has 0 amide bonds. The first kappa shape index (κ1) is 10.0. The van der Waals surface area contributed by atoms with Gasteiger partial charge >= 0.3 is 0 Å². The van der Waals surface area contributed by atoms with Crippen LogP contribution in [0, 0.1) is 5.92 Å². The molecule has 3 nitrogen and oxygen atoms in total. The van der Waals surface area contributed by atoms with E-state index in [4.69, 9.17) is 10.2 Å². The maximum Gasteiger partial charge on any atom is 0.195 e. The first-order valence-corrected chi connectivity index (χ1v) is 5.30. The van der Waals surface area contributed by atoms with Gasteiger partial charge in [-0.1, -0.05) is 13.8 Å². The quantitative estimate of drug-likeness (QED) is 0.782. The zero-order valence-electron chi connectivity index (χ0n) is 9.16. The Balaban J connectivity index is 2.23. The number of benzene rings is 1. The van der Waals surface area contributed by atoms with Crippen LogP contribution in [0.5, 0.6) is 0 Å². The SMILES string of the molecule is CC(C)CCc1nc2ccc(N)cc2o1. The molecule has 0 saturated heterocycles. The van der Waals surface area contributed by atoms with Crippen LogP contribution in [0.15, 0.2) is 22.6 Å². The van der Waals surface area contributed by atoms with E-state index in [0.717, 1.165) is 29.8 Å². The average Bonchev–Trinajstić information content (AvgIpc) is 2.56. The van der Waals surface area contributed by atoms with E-state index in [2.05, 4.69) is 18.8 Å². The molecule has 0 unspecified atom stereocenters. The minimum atomic E-state index is 0.671. The van der Waals surface area contributed by atoms with Crippen molar-refractivity contribution in [2.45, 2.75) is 26.7 Å². The minimum Gasteiger partial charge on any atom is -0.441 e. The van der Waals surface area contributed by atoms with Crippen LogP contribution >= 0.6 is 0 Å². The number of rotatable bonds is 3. The standard InChI is InChI=1S/C12H16N2O/c1-8(2)3-6-12-14-10-5-4-9(13)7-11(10)15-12/h4-5,7-8H,3,6,13H2,1-2H3. The van der Waals surface area contributed by atoms with Crippen molar-refractivity contribution in [1.82, 2.24) is 4.98 Å². The molecule has 0 saturated carbocycles. The van der Waals surface area contributed by atoms with Gasteiger partial charge in [-0.05, 0) is 24.5 Å². The second-order valence-corrected chi connectivity index (χ2v) is 4.27. The molecule has 0 aliphatic rings. The molecule has 80 valence electrons. The van der Waals surface area contributed by atoms with Gasteiger partial charge in [0.2, 0.25) is 0 Å². The molecular weight excluding hydrogens is 188 g/mol. The van der Waals surface area contributed by atoms with Crippen LogP contribution in [0.1, 0.15) is 26.2 Å². The molecule has 0 bridgehead atoms. The Labute approximate surface area is 89.3 Å². The van der Waals surface area contributed by atoms with Crippen molar-refractivity contribution in [2.24, 2.45) is 5.92 Å². The molecule has 0 spiro atoms. The van der Waals surface area contributed by atoms with Gasteiger partial charge < -0.3 is 10.2 Å². The molecule has 1 heterocycles. The van der Waals surface area contributed by atoms with Crippen LogP contribution in [0.25, 0.3) is 11.1 Å². The molecule has 1 aromatic heterocycles. The summed E-state index contributed by atoms with van der Waals surface area (Å²) in [5.74, 6) is 1.48. The second kappa shape index (κ2) is 3.93. The van der Waals surface area contributed by atoms with E-state index in [9.17, 15) is 0 Å². The number of aromatic nitrogens is 1. The summed E-state index contributed by atoms with van der Waals surface area (Å²) in [5, 5.41) is 0. The fraction of sp³-hybridized carbons (Fsp3) is 0.417. The molecule has 2 rings (SSSR count). The zero-order valence-corrected chi connectivity index (χ0v) is 9.16. The van der Waals surface area contributed by atoms with Crippen molar-refractivity contribution in [3.05, 3.63) is 24.1 Å². The summed E-state index contributed by atoms with van der Waals surface area (Å²) in [6, 6.07) is 5.56. The van der Waals surface area contributed by atoms with Gasteiger partial charge in [0.1, 0.15) is 5.52 Å². The zero-order chi connectivity index (χ0) is 10.8. The van der Waals surface area contributed by atoms with E-state index >= 15 is 0 Å². The van der Waals surface area contributed by atoms with E-state index in [1.54, 1.807) is 0 Å². The summed E-state index contributed by atoms with van der Waals surface area (Å²) >= 11 is 0. The van der Waals surface area contributed by atoms with Gasteiger partial charge in [0, 0.05) is 18.2 Å². The van der Waals surface area contributed by atoms with Gasteiger partial charge in [0.05, 0.1) is 0 Å². The van der Waals surface area contributed by atoms with Crippen molar-refractivity contribution in [2.75, 3.05) is 5.73 Å². The first-order chi connectivity index (χ1) is 7.15. The number of anilines is 1. The molecule has 0 atom stereocenters. The van der Waals surface area contributed by atoms with Gasteiger partial charge in [-0.3, -0.25) is 0 Å². The molecule has 0 fully saturated rings. The van der Waals surface area contributed by atoms with Crippen LogP contribution in [0.3, 0.4) is 0 Å². The Hall–Kier alpha value is -1.51. The van der Waals surface area contributed by atoms with Crippen molar-refractivity contribution in [3.8, 4) is 0 Å². The van der Waals surface area contributed by atoms with E-state index in [-0.39, 0.29) is 0 Å². The van der Waals surface area contributed by atoms with Crippen LogP contribution in [0.4, 0.5) is 5.69 Å². The van der Waals surface area contributed by atoms with Crippen LogP contribution in [-0.2, 0) is 6.42 Å². The predicted octanol–water partition coefficient (Wildman–Crippen LogP) is 3.00. The molecule has 1 aromatic carbocycles. The molecule has 2 N–H and O–H groups in total. The van der Waals surface area contributed by atoms with E-state index < -0.39 is 0 Å². The average molecular weight is 204 g/mol. The Morgan fingerprint density at radius 1 is 1.40 bits per heavy atom. The third-order valence-corrected chi connectivity index (χ3v) is 2.39. The molecule has 3 heteroatoms. The topological polar surface area (TPSA) is 52.0 Å². The predicted molar refractivity (Wildman–Crippen MR) is 61.6 cm³/mol. The highest BCUT2D eigenvalue weighted by molar-refractivity contribution is 5.76. The second-order valence-electron chi connectivity index (χ2n) is 4.27. The fourth-order valence-electron chi connectivity index (χ4n) is 1.51. The van der Waals surface area contributed by atoms with Gasteiger partial charge in [-0.25, -0.2) is 4.98 Å². The van der Waals surface area contributed by atoms with Gasteiger partial charge in [-0.2, -0.15) is 0 Å². The fourth-order valence-corrected chi connectivity index (χ4v) is 1.51. The lowest BCUT2D eigenvalue weighted by molar-refractivity contribution is 0.484. The molecule has 0 radical (unpaired) electrons. The lowest BCUT2D eigenvalue weighted by Crippen LogP contribution is -1.91. The lowest BCUT2D eigenvalue weighted by Gasteiger charge is -1.99. The largest absolute Gasteiger partial charge is 0.441 e. The third-order valence-electron chi connectivity index (χ3n) is 2.39. The number of hydrogen-bond acceptors (Lipinski definition) is 3. The van der Waals surface area contributed by atoms with E-state index in [1.807, 2.05) is 18.2 Å². The summed E-state index contributed by atoms with van der Waals surface area (Å²) in [6.45, 7) is 4.39. The van der Waals surface area contributed by atoms with Crippen LogP contribution in [-0.4, -0.2) is 4.98 Å². The lowest BCUT2D eigenvalue weighted by atomic mass is 10.1. The smallest absolute Gasteiger partial charge is 0.195 e. The molecule has 0 aliphatic carbocycles. The monoisotopic (exact) mass is 204 g/mol. The van der Waals surface area contributed by atoms with Crippen molar-refractivity contribution in [3.63, 3.8) is 0 Å².